The average molecular weight is 545 g/mol. The van der Waals surface area contributed by atoms with Crippen LogP contribution < -0.4 is 15.4 Å². The number of hydrogen-bond donors (Lipinski definition) is 4. The van der Waals surface area contributed by atoms with Gasteiger partial charge in [0.1, 0.15) is 5.60 Å². The number of alkyl carbamates (subject to hydrolysis) is 1. The first-order chi connectivity index (χ1) is 18.0. The van der Waals surface area contributed by atoms with E-state index in [1.807, 2.05) is 20.8 Å². The number of carbonyl (C=O) groups is 2. The molecule has 3 aliphatic rings. The number of benzene rings is 1. The van der Waals surface area contributed by atoms with Gasteiger partial charge in [-0.25, -0.2) is 23.3 Å². The fraction of sp³-hybridized carbons (Fsp3) is 0.556. The van der Waals surface area contributed by atoms with Crippen LogP contribution in [-0.4, -0.2) is 34.1 Å². The summed E-state index contributed by atoms with van der Waals surface area (Å²) in [5.74, 6) is 0. The number of carbonyl (C=O) groups excluding carboxylic acids is 2. The first kappa shape index (κ1) is 26.6. The Morgan fingerprint density at radius 2 is 1.74 bits per heavy atom. The molecule has 5 rings (SSSR count). The third kappa shape index (κ3) is 5.99. The molecule has 1 heterocycles. The van der Waals surface area contributed by atoms with Crippen molar-refractivity contribution in [3.05, 3.63) is 46.2 Å². The molecule has 1 aromatic heterocycles. The molecule has 4 N–H and O–H groups in total. The van der Waals surface area contributed by atoms with E-state index >= 15 is 0 Å². The first-order valence-electron chi connectivity index (χ1n) is 13.2. The number of hydrogen-bond acceptors (Lipinski definition) is 7. The standard InChI is InChI=1S/C27H36N4O6S/c1-27(2,3)37-26(33)29-19-12-20(13-19)35-14-16-10-23(36-15-16)38(28,34)31-25(32)30-24-21-8-4-6-17(21)11-18-7-5-9-22(18)24/h10-11,15,19-20H,4-9,12-14H2,1-3H3,(H,29,33)(H3,28,30,31,32,34). The maximum Gasteiger partial charge on any atom is 0.407 e. The number of furan rings is 1. The van der Waals surface area contributed by atoms with Gasteiger partial charge in [0.2, 0.25) is 5.09 Å². The summed E-state index contributed by atoms with van der Waals surface area (Å²) in [4.78, 5) is 24.7. The Kier molecular flexibility index (Phi) is 7.17. The Labute approximate surface area is 223 Å². The van der Waals surface area contributed by atoms with E-state index in [1.54, 1.807) is 0 Å². The molecule has 11 heteroatoms. The van der Waals surface area contributed by atoms with E-state index in [9.17, 15) is 13.8 Å². The fourth-order valence-electron chi connectivity index (χ4n) is 5.37. The van der Waals surface area contributed by atoms with E-state index in [2.05, 4.69) is 21.4 Å². The van der Waals surface area contributed by atoms with Crippen LogP contribution in [0.3, 0.4) is 0 Å². The second-order valence-electron chi connectivity index (χ2n) is 11.4. The second kappa shape index (κ2) is 10.3. The van der Waals surface area contributed by atoms with E-state index < -0.39 is 27.6 Å². The lowest BCUT2D eigenvalue weighted by molar-refractivity contribution is -0.0292. The van der Waals surface area contributed by atoms with Gasteiger partial charge in [-0.1, -0.05) is 6.07 Å². The van der Waals surface area contributed by atoms with Crippen molar-refractivity contribution in [2.75, 3.05) is 5.32 Å². The highest BCUT2D eigenvalue weighted by molar-refractivity contribution is 7.91. The van der Waals surface area contributed by atoms with Gasteiger partial charge in [0, 0.05) is 23.4 Å². The van der Waals surface area contributed by atoms with Crippen molar-refractivity contribution in [3.8, 4) is 0 Å². The number of amides is 3. The zero-order chi connectivity index (χ0) is 27.1. The zero-order valence-electron chi connectivity index (χ0n) is 22.1. The van der Waals surface area contributed by atoms with Crippen LogP contribution in [0, 0.1) is 4.78 Å². The van der Waals surface area contributed by atoms with Crippen molar-refractivity contribution < 1.29 is 27.7 Å². The molecular weight excluding hydrogens is 508 g/mol. The van der Waals surface area contributed by atoms with E-state index in [0.29, 0.717) is 18.4 Å². The number of nitrogens with one attached hydrogen (secondary N) is 4. The third-order valence-corrected chi connectivity index (χ3v) is 8.42. The van der Waals surface area contributed by atoms with Crippen molar-refractivity contribution >= 4 is 27.7 Å². The lowest BCUT2D eigenvalue weighted by atomic mass is 9.89. The predicted molar refractivity (Wildman–Crippen MR) is 141 cm³/mol. The van der Waals surface area contributed by atoms with Crippen molar-refractivity contribution in [1.29, 1.82) is 4.78 Å². The minimum Gasteiger partial charge on any atom is -0.452 e. The van der Waals surface area contributed by atoms with E-state index in [4.69, 9.17) is 18.7 Å². The summed E-state index contributed by atoms with van der Waals surface area (Å²) in [5.41, 5.74) is 5.78. The van der Waals surface area contributed by atoms with Gasteiger partial charge in [0.25, 0.3) is 0 Å². The third-order valence-electron chi connectivity index (χ3n) is 7.16. The van der Waals surface area contributed by atoms with Crippen LogP contribution in [0.1, 0.15) is 74.3 Å². The number of fused-ring (bicyclic) bond motifs is 2. The molecule has 0 saturated heterocycles. The molecule has 3 aliphatic carbocycles. The van der Waals surface area contributed by atoms with Crippen LogP contribution >= 0.6 is 0 Å². The minimum absolute atomic E-state index is 0.00322. The first-order valence-corrected chi connectivity index (χ1v) is 14.8. The van der Waals surface area contributed by atoms with Crippen LogP contribution in [0.2, 0.25) is 0 Å². The topological polar surface area (TPSA) is 143 Å². The summed E-state index contributed by atoms with van der Waals surface area (Å²) in [7, 11) is -3.70. The summed E-state index contributed by atoms with van der Waals surface area (Å²) >= 11 is 0. The molecule has 10 nitrogen and oxygen atoms in total. The monoisotopic (exact) mass is 544 g/mol. The molecule has 1 atom stereocenters. The summed E-state index contributed by atoms with van der Waals surface area (Å²) in [6.45, 7) is 5.65. The molecule has 206 valence electrons. The Morgan fingerprint density at radius 3 is 2.37 bits per heavy atom. The van der Waals surface area contributed by atoms with Crippen molar-refractivity contribution in [2.45, 2.75) is 102 Å². The molecule has 1 unspecified atom stereocenters. The van der Waals surface area contributed by atoms with Gasteiger partial charge in [0.15, 0.2) is 9.92 Å². The number of urea groups is 1. The van der Waals surface area contributed by atoms with E-state index in [-0.39, 0.29) is 23.8 Å². The average Bonchev–Trinajstić information content (AvgIpc) is 3.53. The highest BCUT2D eigenvalue weighted by atomic mass is 32.2. The molecule has 0 radical (unpaired) electrons. The lowest BCUT2D eigenvalue weighted by Gasteiger charge is -2.35. The molecule has 0 bridgehead atoms. The molecule has 3 amide bonds. The Balaban J connectivity index is 1.12. The number of rotatable bonds is 7. The molecule has 1 fully saturated rings. The van der Waals surface area contributed by atoms with Gasteiger partial charge in [0.05, 0.1) is 19.0 Å². The highest BCUT2D eigenvalue weighted by Crippen LogP contribution is 2.38. The number of ether oxygens (including phenoxy) is 2. The molecule has 1 saturated carbocycles. The molecular formula is C27H36N4O6S. The summed E-state index contributed by atoms with van der Waals surface area (Å²) in [6.07, 6.45) is 8.18. The van der Waals surface area contributed by atoms with Crippen LogP contribution in [0.4, 0.5) is 15.3 Å². The Hall–Kier alpha value is -3.05. The second-order valence-corrected chi connectivity index (χ2v) is 13.1. The van der Waals surface area contributed by atoms with E-state index in [0.717, 1.165) is 55.3 Å². The van der Waals surface area contributed by atoms with Gasteiger partial charge in [-0.15, -0.1) is 0 Å². The van der Waals surface area contributed by atoms with Gasteiger partial charge in [-0.05, 0) is 94.4 Å². The van der Waals surface area contributed by atoms with Gasteiger partial charge in [-0.2, -0.15) is 0 Å². The Morgan fingerprint density at radius 1 is 1.08 bits per heavy atom. The summed E-state index contributed by atoms with van der Waals surface area (Å²) in [6, 6.07) is 3.07. The normalized spacial score (nSPS) is 21.6. The smallest absolute Gasteiger partial charge is 0.407 e. The molecule has 38 heavy (non-hydrogen) atoms. The van der Waals surface area contributed by atoms with Gasteiger partial charge in [-0.3, -0.25) is 0 Å². The maximum atomic E-state index is 13.0. The molecule has 0 spiro atoms. The molecule has 2 aromatic rings. The minimum atomic E-state index is -3.70. The predicted octanol–water partition coefficient (Wildman–Crippen LogP) is 4.97. The van der Waals surface area contributed by atoms with Crippen molar-refractivity contribution in [3.63, 3.8) is 0 Å². The fourth-order valence-corrected chi connectivity index (χ4v) is 6.29. The van der Waals surface area contributed by atoms with Crippen LogP contribution in [0.5, 0.6) is 0 Å². The van der Waals surface area contributed by atoms with Crippen LogP contribution in [0.15, 0.2) is 27.9 Å². The van der Waals surface area contributed by atoms with Crippen LogP contribution in [-0.2, 0) is 51.7 Å². The summed E-state index contributed by atoms with van der Waals surface area (Å²) in [5, 5.41) is 5.59. The van der Waals surface area contributed by atoms with Crippen molar-refractivity contribution in [2.24, 2.45) is 0 Å². The molecule has 0 aliphatic heterocycles. The van der Waals surface area contributed by atoms with Crippen molar-refractivity contribution in [1.82, 2.24) is 10.0 Å². The Bertz CT molecular complexity index is 1310. The quantitative estimate of drug-likeness (QED) is 0.388. The van der Waals surface area contributed by atoms with Gasteiger partial charge < -0.3 is 24.5 Å². The number of aryl methyl sites for hydroxylation is 2. The molecule has 1 aromatic carbocycles. The van der Waals surface area contributed by atoms with Crippen LogP contribution in [0.25, 0.3) is 0 Å². The largest absolute Gasteiger partial charge is 0.452 e. The lowest BCUT2D eigenvalue weighted by Crippen LogP contribution is -2.49. The van der Waals surface area contributed by atoms with Gasteiger partial charge >= 0.3 is 12.1 Å². The van der Waals surface area contributed by atoms with E-state index in [1.165, 1.54) is 23.5 Å². The number of anilines is 1. The summed E-state index contributed by atoms with van der Waals surface area (Å²) < 4.78 is 40.1. The maximum absolute atomic E-state index is 13.0. The highest BCUT2D eigenvalue weighted by Gasteiger charge is 2.33. The SMILES string of the molecule is CC(C)(C)OC(=O)NC1CC(OCc2coc(S(=N)(=O)NC(=O)Nc3c4c(cc5c3CCC5)CCC4)c2)C1. The zero-order valence-corrected chi connectivity index (χ0v) is 22.9.